The number of aliphatic hydroxyl groups excluding tert-OH is 2. The van der Waals surface area contributed by atoms with E-state index in [1.807, 2.05) is 53.9 Å². The topological polar surface area (TPSA) is 309 Å². The Morgan fingerprint density at radius 3 is 1.73 bits per heavy atom. The molecule has 2 saturated carbocycles. The van der Waals surface area contributed by atoms with Crippen molar-refractivity contribution in [1.29, 1.82) is 0 Å². The summed E-state index contributed by atoms with van der Waals surface area (Å²) in [5.41, 5.74) is 3.09. The van der Waals surface area contributed by atoms with Gasteiger partial charge in [0.2, 0.25) is 11.6 Å². The van der Waals surface area contributed by atoms with Gasteiger partial charge in [0, 0.05) is 45.3 Å². The van der Waals surface area contributed by atoms with E-state index < -0.39 is 50.3 Å². The summed E-state index contributed by atoms with van der Waals surface area (Å²) in [4.78, 5) is 44.1. The van der Waals surface area contributed by atoms with Gasteiger partial charge in [0.15, 0.2) is 0 Å². The Labute approximate surface area is 434 Å². The molecule has 0 saturated heterocycles. The Morgan fingerprint density at radius 2 is 1.23 bits per heavy atom. The molecule has 25 heteroatoms. The van der Waals surface area contributed by atoms with Gasteiger partial charge in [0.05, 0.1) is 46.3 Å². The Balaban J connectivity index is 0.000000209. The summed E-state index contributed by atoms with van der Waals surface area (Å²) in [5, 5.41) is 51.5. The Hall–Kier alpha value is -4.74. The normalized spacial score (nSPS) is 20.9. The molecule has 6 aromatic rings. The van der Waals surface area contributed by atoms with Crippen LogP contribution in [0.3, 0.4) is 0 Å². The Bertz CT molecular complexity index is 3140. The fourth-order valence-corrected chi connectivity index (χ4v) is 11.5. The molecule has 4 heterocycles. The van der Waals surface area contributed by atoms with Gasteiger partial charge in [0.25, 0.3) is 0 Å². The number of hydrogen-bond acceptors (Lipinski definition) is 19. The highest BCUT2D eigenvalue weighted by atomic mass is 79.9. The molecule has 71 heavy (non-hydrogen) atoms. The standard InChI is InChI=1S/C23H25BrN4O6S2.C23H23BrN4O5S2/c1-23(31,14-3-2-4-16(24)6-14)15-7-20(35-11-15)21(30)18-9-26-12-27-22(18)28-17-5-13(19(29)8-17)10-34-36(25,32)33;1-13(14-3-2-4-17(24)5-14)16-7-21(34-11-16)22(30)19-9-26-12-27-23(19)28-18-6-15(20(29)8-18)10-33-35(25,31)32/h2-4,6-7,9,11-13,17,19,29,31H,5,8,10H2,1H3,(H2,25,32,33)(H,26,27,28);2-5,7,9,11-12,15,18,20,29H,1,6,8,10H2,(H2,25,31,32)(H,26,27,28)/t13-,17-,19+,23?;15-,18-,20+/m11/s1. The smallest absolute Gasteiger partial charge is 0.333 e. The second-order valence-electron chi connectivity index (χ2n) is 17.0. The van der Waals surface area contributed by atoms with Crippen LogP contribution in [0.2, 0.25) is 0 Å². The second kappa shape index (κ2) is 23.0. The van der Waals surface area contributed by atoms with Crippen LogP contribution in [0.1, 0.15) is 85.3 Å². The van der Waals surface area contributed by atoms with E-state index in [2.05, 4.69) is 77.4 Å². The van der Waals surface area contributed by atoms with E-state index in [1.54, 1.807) is 24.4 Å². The van der Waals surface area contributed by atoms with Crippen LogP contribution in [-0.2, 0) is 34.6 Å². The lowest BCUT2D eigenvalue weighted by Gasteiger charge is -2.23. The van der Waals surface area contributed by atoms with Crippen molar-refractivity contribution >= 4 is 104 Å². The molecule has 0 radical (unpaired) electrons. The van der Waals surface area contributed by atoms with Crippen LogP contribution in [0.15, 0.2) is 112 Å². The number of aromatic nitrogens is 4. The molecule has 7 atom stereocenters. The maximum atomic E-state index is 13.4. The zero-order valence-corrected chi connectivity index (χ0v) is 44.0. The molecule has 19 nitrogen and oxygen atoms in total. The fourth-order valence-electron chi connectivity index (χ4n) is 8.16. The lowest BCUT2D eigenvalue weighted by molar-refractivity contribution is 0.100. The zero-order chi connectivity index (χ0) is 51.3. The molecule has 0 aliphatic heterocycles. The number of ketones is 2. The van der Waals surface area contributed by atoms with Gasteiger partial charge in [-0.15, -0.1) is 22.7 Å². The van der Waals surface area contributed by atoms with Gasteiger partial charge in [-0.25, -0.2) is 30.2 Å². The van der Waals surface area contributed by atoms with Crippen LogP contribution in [0.4, 0.5) is 11.6 Å². The van der Waals surface area contributed by atoms with E-state index in [1.165, 1.54) is 47.7 Å². The first-order valence-electron chi connectivity index (χ1n) is 21.6. The highest BCUT2D eigenvalue weighted by molar-refractivity contribution is 9.10. The van der Waals surface area contributed by atoms with Crippen molar-refractivity contribution in [2.24, 2.45) is 22.1 Å². The number of anilines is 2. The fraction of sp³-hybridized carbons (Fsp3) is 0.304. The molecule has 0 bridgehead atoms. The van der Waals surface area contributed by atoms with Gasteiger partial charge in [0.1, 0.15) is 29.9 Å². The number of thiophene rings is 2. The summed E-state index contributed by atoms with van der Waals surface area (Å²) in [6, 6.07) is 18.1. The van der Waals surface area contributed by atoms with Crippen molar-refractivity contribution in [3.8, 4) is 0 Å². The van der Waals surface area contributed by atoms with Crippen molar-refractivity contribution < 1.29 is 50.1 Å². The molecule has 0 amide bonds. The first-order chi connectivity index (χ1) is 33.5. The SMILES string of the molecule is C=C(c1cccc(Br)c1)c1csc(C(=O)c2cncnc2N[C@@H]2C[C@H](COS(N)(=O)=O)[C@@H](O)C2)c1.CC(O)(c1cccc(Br)c1)c1csc(C(=O)c2cncnc2N[C@@H]2C[C@H](COS(N)(=O)=O)[C@@H](O)C2)c1. The molecule has 2 aromatic carbocycles. The Kier molecular flexibility index (Phi) is 17.5. The molecule has 2 aliphatic rings. The average molecular weight is 1180 g/mol. The number of aliphatic hydroxyl groups is 3. The van der Waals surface area contributed by atoms with Gasteiger partial charge in [-0.1, -0.05) is 62.7 Å². The molecular formula is C46H48Br2N8O11S4. The van der Waals surface area contributed by atoms with Crippen molar-refractivity contribution in [2.45, 2.75) is 62.5 Å². The largest absolute Gasteiger partial charge is 0.393 e. The van der Waals surface area contributed by atoms with E-state index >= 15 is 0 Å². The number of carbonyl (C=O) groups is 2. The molecule has 0 spiro atoms. The van der Waals surface area contributed by atoms with Gasteiger partial charge in [-0.2, -0.15) is 16.8 Å². The Morgan fingerprint density at radius 1 is 0.732 bits per heavy atom. The summed E-state index contributed by atoms with van der Waals surface area (Å²) >= 11 is 9.40. The summed E-state index contributed by atoms with van der Waals surface area (Å²) < 4.78 is 55.3. The summed E-state index contributed by atoms with van der Waals surface area (Å²) in [6.07, 6.45) is 5.40. The van der Waals surface area contributed by atoms with Crippen LogP contribution in [0.25, 0.3) is 5.57 Å². The lowest BCUT2D eigenvalue weighted by Crippen LogP contribution is -2.24. The summed E-state index contributed by atoms with van der Waals surface area (Å²) in [5.74, 6) is -0.770. The summed E-state index contributed by atoms with van der Waals surface area (Å²) in [7, 11) is -8.19. The number of carbonyl (C=O) groups excluding carboxylic acids is 2. The molecule has 2 fully saturated rings. The number of rotatable bonds is 18. The zero-order valence-electron chi connectivity index (χ0n) is 37.6. The summed E-state index contributed by atoms with van der Waals surface area (Å²) in [6.45, 7) is 5.39. The van der Waals surface area contributed by atoms with Crippen LogP contribution in [0, 0.1) is 11.8 Å². The number of nitrogens with two attached hydrogens (primary N) is 2. The van der Waals surface area contributed by atoms with Crippen molar-refractivity contribution in [1.82, 2.24) is 19.9 Å². The van der Waals surface area contributed by atoms with E-state index in [4.69, 9.17) is 10.3 Å². The van der Waals surface area contributed by atoms with Crippen molar-refractivity contribution in [2.75, 3.05) is 23.8 Å². The first kappa shape index (κ1) is 54.0. The third-order valence-corrected chi connectivity index (χ3v) is 15.7. The predicted octanol–water partition coefficient (Wildman–Crippen LogP) is 5.92. The van der Waals surface area contributed by atoms with Crippen LogP contribution in [0.5, 0.6) is 0 Å². The molecule has 4 aromatic heterocycles. The lowest BCUT2D eigenvalue weighted by atomic mass is 9.90. The maximum absolute atomic E-state index is 13.4. The number of halogens is 2. The maximum Gasteiger partial charge on any atom is 0.333 e. The number of hydrogen-bond donors (Lipinski definition) is 7. The molecule has 1 unspecified atom stereocenters. The van der Waals surface area contributed by atoms with E-state index in [0.717, 1.165) is 25.6 Å². The minimum Gasteiger partial charge on any atom is -0.393 e. The minimum absolute atomic E-state index is 0.215. The third kappa shape index (κ3) is 14.3. The van der Waals surface area contributed by atoms with Crippen molar-refractivity contribution in [3.63, 3.8) is 0 Å². The van der Waals surface area contributed by atoms with Crippen molar-refractivity contribution in [3.05, 3.63) is 155 Å². The van der Waals surface area contributed by atoms with Gasteiger partial charge < -0.3 is 26.0 Å². The van der Waals surface area contributed by atoms with Gasteiger partial charge in [-0.3, -0.25) is 18.0 Å². The van der Waals surface area contributed by atoms with Gasteiger partial charge in [-0.05, 0) is 108 Å². The molecular weight excluding hydrogens is 1130 g/mol. The second-order valence-corrected chi connectivity index (χ2v) is 23.1. The monoisotopic (exact) mass is 1170 g/mol. The minimum atomic E-state index is -4.10. The predicted molar refractivity (Wildman–Crippen MR) is 275 cm³/mol. The average Bonchev–Trinajstić information content (AvgIpc) is 4.15. The number of nitrogens with one attached hydrogen (secondary N) is 2. The van der Waals surface area contributed by atoms with Crippen LogP contribution < -0.4 is 20.9 Å². The van der Waals surface area contributed by atoms with E-state index in [9.17, 15) is 41.7 Å². The molecule has 9 N–H and O–H groups in total. The molecule has 2 aliphatic carbocycles. The molecule has 376 valence electrons. The van der Waals surface area contributed by atoms with Gasteiger partial charge >= 0.3 is 20.6 Å². The van der Waals surface area contributed by atoms with E-state index in [0.29, 0.717) is 63.8 Å². The number of benzene rings is 2. The van der Waals surface area contributed by atoms with E-state index in [-0.39, 0.29) is 42.4 Å². The third-order valence-electron chi connectivity index (χ3n) is 11.9. The quantitative estimate of drug-likeness (QED) is 0.0491. The van der Waals surface area contributed by atoms with Crippen LogP contribution in [-0.4, -0.2) is 101 Å². The highest BCUT2D eigenvalue weighted by Gasteiger charge is 2.37. The number of nitrogens with zero attached hydrogens (tertiary/aromatic N) is 4. The first-order valence-corrected chi connectivity index (χ1v) is 27.9. The highest BCUT2D eigenvalue weighted by Crippen LogP contribution is 2.36. The van der Waals surface area contributed by atoms with Crippen LogP contribution >= 0.6 is 54.5 Å². The molecule has 8 rings (SSSR count).